The topological polar surface area (TPSA) is 46.2 Å². The molecule has 0 aromatic heterocycles. The minimum absolute atomic E-state index is 0.0773. The highest BCUT2D eigenvalue weighted by Crippen LogP contribution is 2.47. The third-order valence-electron chi connectivity index (χ3n) is 4.07. The van der Waals surface area contributed by atoms with Crippen LogP contribution in [0.3, 0.4) is 0 Å². The lowest BCUT2D eigenvalue weighted by atomic mass is 9.76. The highest BCUT2D eigenvalue weighted by molar-refractivity contribution is 5.29. The van der Waals surface area contributed by atoms with Gasteiger partial charge in [0.2, 0.25) is 0 Å². The molecule has 16 heavy (non-hydrogen) atoms. The molecule has 2 heteroatoms. The number of benzene rings is 1. The Labute approximate surface area is 97.5 Å². The summed E-state index contributed by atoms with van der Waals surface area (Å²) in [6.45, 7) is 2.64. The third kappa shape index (κ3) is 1.87. The molecule has 0 heterocycles. The Balaban J connectivity index is 2.30. The van der Waals surface area contributed by atoms with Gasteiger partial charge in [0.15, 0.2) is 0 Å². The zero-order valence-electron chi connectivity index (χ0n) is 9.95. The summed E-state index contributed by atoms with van der Waals surface area (Å²) in [5.74, 6) is 0. The van der Waals surface area contributed by atoms with Crippen LogP contribution in [0, 0.1) is 12.3 Å². The van der Waals surface area contributed by atoms with Gasteiger partial charge in [-0.05, 0) is 30.9 Å². The van der Waals surface area contributed by atoms with Crippen molar-refractivity contribution in [3.63, 3.8) is 0 Å². The van der Waals surface area contributed by atoms with Crippen LogP contribution in [0.5, 0.6) is 0 Å². The number of nitrogens with two attached hydrogens (primary N) is 1. The van der Waals surface area contributed by atoms with Crippen LogP contribution < -0.4 is 5.73 Å². The van der Waals surface area contributed by atoms with Crippen LogP contribution in [0.15, 0.2) is 24.3 Å². The van der Waals surface area contributed by atoms with E-state index in [0.717, 1.165) is 24.0 Å². The zero-order chi connectivity index (χ0) is 11.6. The molecule has 88 valence electrons. The molecule has 2 rings (SSSR count). The Morgan fingerprint density at radius 3 is 2.50 bits per heavy atom. The van der Waals surface area contributed by atoms with Crippen LogP contribution in [0.4, 0.5) is 0 Å². The van der Waals surface area contributed by atoms with E-state index in [1.165, 1.54) is 12.8 Å². The first-order valence-corrected chi connectivity index (χ1v) is 6.13. The van der Waals surface area contributed by atoms with Crippen LogP contribution >= 0.6 is 0 Å². The predicted molar refractivity (Wildman–Crippen MR) is 66.1 cm³/mol. The molecule has 1 aromatic rings. The van der Waals surface area contributed by atoms with Crippen LogP contribution in [0.25, 0.3) is 0 Å². The van der Waals surface area contributed by atoms with E-state index in [1.807, 2.05) is 18.2 Å². The summed E-state index contributed by atoms with van der Waals surface area (Å²) in [5.41, 5.74) is 8.03. The summed E-state index contributed by atoms with van der Waals surface area (Å²) in [6.07, 6.45) is 4.10. The highest BCUT2D eigenvalue weighted by Gasteiger charge is 2.40. The maximum atomic E-state index is 10.6. The number of rotatable bonds is 3. The average Bonchev–Trinajstić information content (AvgIpc) is 2.78. The van der Waals surface area contributed by atoms with Crippen molar-refractivity contribution in [1.29, 1.82) is 0 Å². The molecule has 0 saturated heterocycles. The quantitative estimate of drug-likeness (QED) is 0.820. The molecule has 1 saturated carbocycles. The van der Waals surface area contributed by atoms with Crippen molar-refractivity contribution in [3.8, 4) is 0 Å². The number of hydrogen-bond donors (Lipinski definition) is 2. The molecule has 1 aromatic carbocycles. The van der Waals surface area contributed by atoms with E-state index in [-0.39, 0.29) is 5.41 Å². The van der Waals surface area contributed by atoms with Gasteiger partial charge in [0.05, 0.1) is 6.10 Å². The van der Waals surface area contributed by atoms with Gasteiger partial charge >= 0.3 is 0 Å². The SMILES string of the molecule is Cc1ccccc1C(O)C1(CN)CCCC1. The molecular weight excluding hydrogens is 198 g/mol. The normalized spacial score (nSPS) is 20.9. The minimum atomic E-state index is -0.402. The summed E-state index contributed by atoms with van der Waals surface area (Å²) in [7, 11) is 0. The van der Waals surface area contributed by atoms with E-state index < -0.39 is 6.10 Å². The monoisotopic (exact) mass is 219 g/mol. The molecule has 1 aliphatic carbocycles. The van der Waals surface area contributed by atoms with Gasteiger partial charge in [-0.1, -0.05) is 37.1 Å². The number of aliphatic hydroxyl groups is 1. The van der Waals surface area contributed by atoms with Crippen LogP contribution in [-0.2, 0) is 0 Å². The largest absolute Gasteiger partial charge is 0.388 e. The fourth-order valence-corrected chi connectivity index (χ4v) is 2.89. The van der Waals surface area contributed by atoms with Gasteiger partial charge < -0.3 is 10.8 Å². The second kappa shape index (κ2) is 4.56. The summed E-state index contributed by atoms with van der Waals surface area (Å²) in [4.78, 5) is 0. The van der Waals surface area contributed by atoms with Crippen molar-refractivity contribution < 1.29 is 5.11 Å². The third-order valence-corrected chi connectivity index (χ3v) is 4.07. The molecule has 2 nitrogen and oxygen atoms in total. The van der Waals surface area contributed by atoms with E-state index in [1.54, 1.807) is 0 Å². The van der Waals surface area contributed by atoms with Gasteiger partial charge in [0.1, 0.15) is 0 Å². The van der Waals surface area contributed by atoms with Gasteiger partial charge in [0, 0.05) is 12.0 Å². The van der Waals surface area contributed by atoms with Gasteiger partial charge in [0.25, 0.3) is 0 Å². The molecule has 1 unspecified atom stereocenters. The molecular formula is C14H21NO. The number of aryl methyl sites for hydroxylation is 1. The van der Waals surface area contributed by atoms with Crippen LogP contribution in [-0.4, -0.2) is 11.7 Å². The summed E-state index contributed by atoms with van der Waals surface area (Å²) in [5, 5.41) is 10.6. The molecule has 1 fully saturated rings. The fourth-order valence-electron chi connectivity index (χ4n) is 2.89. The van der Waals surface area contributed by atoms with E-state index in [0.29, 0.717) is 6.54 Å². The second-order valence-electron chi connectivity index (χ2n) is 5.03. The predicted octanol–water partition coefficient (Wildman–Crippen LogP) is 2.55. The molecule has 0 bridgehead atoms. The Morgan fingerprint density at radius 1 is 1.31 bits per heavy atom. The summed E-state index contributed by atoms with van der Waals surface area (Å²) < 4.78 is 0. The van der Waals surface area contributed by atoms with E-state index in [2.05, 4.69) is 13.0 Å². The second-order valence-corrected chi connectivity index (χ2v) is 5.03. The first-order valence-electron chi connectivity index (χ1n) is 6.13. The molecule has 0 spiro atoms. The Kier molecular flexibility index (Phi) is 3.31. The Bertz CT molecular complexity index is 356. The summed E-state index contributed by atoms with van der Waals surface area (Å²) >= 11 is 0. The average molecular weight is 219 g/mol. The van der Waals surface area contributed by atoms with E-state index >= 15 is 0 Å². The smallest absolute Gasteiger partial charge is 0.0860 e. The Morgan fingerprint density at radius 2 is 1.94 bits per heavy atom. The first-order chi connectivity index (χ1) is 7.69. The standard InChI is InChI=1S/C14H21NO/c1-11-6-2-3-7-12(11)13(16)14(10-15)8-4-5-9-14/h2-3,6-7,13,16H,4-5,8-10,15H2,1H3. The van der Waals surface area contributed by atoms with E-state index in [9.17, 15) is 5.11 Å². The van der Waals surface area contributed by atoms with Gasteiger partial charge in [-0.3, -0.25) is 0 Å². The lowest BCUT2D eigenvalue weighted by Crippen LogP contribution is -2.34. The van der Waals surface area contributed by atoms with Crippen molar-refractivity contribution in [1.82, 2.24) is 0 Å². The highest BCUT2D eigenvalue weighted by atomic mass is 16.3. The van der Waals surface area contributed by atoms with Crippen LogP contribution in [0.1, 0.15) is 42.9 Å². The van der Waals surface area contributed by atoms with Gasteiger partial charge in [-0.25, -0.2) is 0 Å². The van der Waals surface area contributed by atoms with Crippen molar-refractivity contribution in [2.24, 2.45) is 11.1 Å². The summed E-state index contributed by atoms with van der Waals surface area (Å²) in [6, 6.07) is 8.08. The lowest BCUT2D eigenvalue weighted by molar-refractivity contribution is 0.0328. The molecule has 0 aliphatic heterocycles. The van der Waals surface area contributed by atoms with Crippen molar-refractivity contribution in [2.45, 2.75) is 38.7 Å². The minimum Gasteiger partial charge on any atom is -0.388 e. The van der Waals surface area contributed by atoms with Crippen molar-refractivity contribution in [2.75, 3.05) is 6.54 Å². The molecule has 1 atom stereocenters. The number of aliphatic hydroxyl groups excluding tert-OH is 1. The Hall–Kier alpha value is -0.860. The molecule has 1 aliphatic rings. The van der Waals surface area contributed by atoms with Crippen LogP contribution in [0.2, 0.25) is 0 Å². The van der Waals surface area contributed by atoms with Gasteiger partial charge in [-0.15, -0.1) is 0 Å². The fraction of sp³-hybridized carbons (Fsp3) is 0.571. The zero-order valence-corrected chi connectivity index (χ0v) is 9.95. The van der Waals surface area contributed by atoms with E-state index in [4.69, 9.17) is 5.73 Å². The van der Waals surface area contributed by atoms with Gasteiger partial charge in [-0.2, -0.15) is 0 Å². The maximum absolute atomic E-state index is 10.6. The molecule has 3 N–H and O–H groups in total. The van der Waals surface area contributed by atoms with Crippen molar-refractivity contribution >= 4 is 0 Å². The molecule has 0 amide bonds. The maximum Gasteiger partial charge on any atom is 0.0860 e. The van der Waals surface area contributed by atoms with Crippen molar-refractivity contribution in [3.05, 3.63) is 35.4 Å². The lowest BCUT2D eigenvalue weighted by Gasteiger charge is -2.34. The molecule has 0 radical (unpaired) electrons. The number of hydrogen-bond acceptors (Lipinski definition) is 2. The first kappa shape index (κ1) is 11.6.